The van der Waals surface area contributed by atoms with Crippen molar-refractivity contribution >= 4 is 5.91 Å². The molecule has 1 amide bonds. The molecule has 0 aromatic carbocycles. The Bertz CT molecular complexity index is 370. The van der Waals surface area contributed by atoms with Gasteiger partial charge in [-0.15, -0.1) is 0 Å². The molecule has 0 aromatic heterocycles. The number of ether oxygens (including phenoxy) is 1. The van der Waals surface area contributed by atoms with E-state index in [9.17, 15) is 4.79 Å². The summed E-state index contributed by atoms with van der Waals surface area (Å²) in [6, 6.07) is 0. The molecule has 1 fully saturated rings. The Morgan fingerprint density at radius 3 is 2.12 bits per heavy atom. The van der Waals surface area contributed by atoms with E-state index >= 15 is 0 Å². The van der Waals surface area contributed by atoms with Gasteiger partial charge in [-0.2, -0.15) is 0 Å². The maximum absolute atomic E-state index is 12.0. The Morgan fingerprint density at radius 2 is 1.44 bits per heavy atom. The van der Waals surface area contributed by atoms with Crippen LogP contribution >= 0.6 is 0 Å². The summed E-state index contributed by atoms with van der Waals surface area (Å²) in [6.07, 6.45) is 23.4. The van der Waals surface area contributed by atoms with Crippen LogP contribution < -0.4 is 0 Å². The quantitative estimate of drug-likeness (QED) is 0.299. The molecule has 0 unspecified atom stereocenters. The lowest BCUT2D eigenvalue weighted by molar-refractivity contribution is -0.135. The van der Waals surface area contributed by atoms with Gasteiger partial charge < -0.3 is 9.64 Å². The zero-order valence-corrected chi connectivity index (χ0v) is 16.4. The molecule has 3 heteroatoms. The molecule has 1 heterocycles. The summed E-state index contributed by atoms with van der Waals surface area (Å²) in [5, 5.41) is 0. The Morgan fingerprint density at radius 1 is 0.840 bits per heavy atom. The molecule has 0 radical (unpaired) electrons. The second-order valence-corrected chi connectivity index (χ2v) is 6.97. The van der Waals surface area contributed by atoms with Gasteiger partial charge in [0.05, 0.1) is 13.2 Å². The number of unbranched alkanes of at least 4 members (excludes halogenated alkanes) is 8. The van der Waals surface area contributed by atoms with Crippen LogP contribution in [-0.2, 0) is 9.53 Å². The maximum Gasteiger partial charge on any atom is 0.222 e. The number of hydrogen-bond donors (Lipinski definition) is 0. The van der Waals surface area contributed by atoms with Crippen LogP contribution in [0.25, 0.3) is 0 Å². The van der Waals surface area contributed by atoms with Crippen LogP contribution in [0, 0.1) is 0 Å². The minimum atomic E-state index is 0.314. The molecule has 144 valence electrons. The van der Waals surface area contributed by atoms with Crippen molar-refractivity contribution in [2.75, 3.05) is 26.3 Å². The van der Waals surface area contributed by atoms with Crippen molar-refractivity contribution in [3.8, 4) is 0 Å². The first-order valence-electron chi connectivity index (χ1n) is 10.5. The average molecular weight is 350 g/mol. The molecule has 1 aliphatic heterocycles. The van der Waals surface area contributed by atoms with E-state index in [2.05, 4.69) is 31.2 Å². The Labute approximate surface area is 155 Å². The van der Waals surface area contributed by atoms with Crippen LogP contribution in [0.1, 0.15) is 84.0 Å². The highest BCUT2D eigenvalue weighted by Gasteiger charge is 2.15. The Balaban J connectivity index is 1.83. The standard InChI is InChI=1S/C22H39NO2/c1-2-3-4-5-6-7-8-9-10-11-12-13-14-15-16-17-22(24)23-18-20-25-21-19-23/h6-7,9-10H,2-5,8,11-21H2,1H3/b7-6-,10-9-. The highest BCUT2D eigenvalue weighted by molar-refractivity contribution is 5.76. The predicted octanol–water partition coefficient (Wildman–Crippen LogP) is 5.66. The fourth-order valence-corrected chi connectivity index (χ4v) is 3.06. The van der Waals surface area contributed by atoms with E-state index in [1.165, 1.54) is 57.8 Å². The summed E-state index contributed by atoms with van der Waals surface area (Å²) in [6.45, 7) is 5.21. The molecule has 3 nitrogen and oxygen atoms in total. The van der Waals surface area contributed by atoms with Gasteiger partial charge in [0.15, 0.2) is 0 Å². The highest BCUT2D eigenvalue weighted by atomic mass is 16.5. The Kier molecular flexibility index (Phi) is 14.4. The lowest BCUT2D eigenvalue weighted by atomic mass is 10.1. The van der Waals surface area contributed by atoms with Gasteiger partial charge >= 0.3 is 0 Å². The summed E-state index contributed by atoms with van der Waals surface area (Å²) < 4.78 is 5.28. The molecule has 0 spiro atoms. The van der Waals surface area contributed by atoms with Crippen molar-refractivity contribution in [1.82, 2.24) is 4.90 Å². The SMILES string of the molecule is CCCCC/C=C\C/C=C\CCCCCCCC(=O)N1CCOCC1. The smallest absolute Gasteiger partial charge is 0.222 e. The first-order valence-corrected chi connectivity index (χ1v) is 10.5. The largest absolute Gasteiger partial charge is 0.378 e. The van der Waals surface area contributed by atoms with Crippen LogP contribution in [-0.4, -0.2) is 37.1 Å². The predicted molar refractivity (Wildman–Crippen MR) is 107 cm³/mol. The molecule has 0 atom stereocenters. The van der Waals surface area contributed by atoms with E-state index in [0.29, 0.717) is 25.5 Å². The topological polar surface area (TPSA) is 29.5 Å². The van der Waals surface area contributed by atoms with E-state index in [-0.39, 0.29) is 0 Å². The van der Waals surface area contributed by atoms with Crippen molar-refractivity contribution in [3.05, 3.63) is 24.3 Å². The minimum Gasteiger partial charge on any atom is -0.378 e. The van der Waals surface area contributed by atoms with Crippen LogP contribution in [0.3, 0.4) is 0 Å². The number of amides is 1. The number of rotatable bonds is 14. The number of hydrogen-bond acceptors (Lipinski definition) is 2. The maximum atomic E-state index is 12.0. The lowest BCUT2D eigenvalue weighted by Gasteiger charge is -2.26. The Hall–Kier alpha value is -1.09. The normalized spacial score (nSPS) is 15.5. The number of morpholine rings is 1. The van der Waals surface area contributed by atoms with E-state index in [0.717, 1.165) is 25.9 Å². The average Bonchev–Trinajstić information content (AvgIpc) is 2.65. The zero-order valence-electron chi connectivity index (χ0n) is 16.4. The van der Waals surface area contributed by atoms with Gasteiger partial charge in [-0.05, 0) is 38.5 Å². The highest BCUT2D eigenvalue weighted by Crippen LogP contribution is 2.10. The van der Waals surface area contributed by atoms with Gasteiger partial charge in [0.25, 0.3) is 0 Å². The van der Waals surface area contributed by atoms with Crippen LogP contribution in [0.15, 0.2) is 24.3 Å². The fourth-order valence-electron chi connectivity index (χ4n) is 3.06. The molecular weight excluding hydrogens is 310 g/mol. The van der Waals surface area contributed by atoms with E-state index in [1.807, 2.05) is 4.90 Å². The summed E-state index contributed by atoms with van der Waals surface area (Å²) in [5.41, 5.74) is 0. The van der Waals surface area contributed by atoms with Crippen LogP contribution in [0.2, 0.25) is 0 Å². The van der Waals surface area contributed by atoms with Crippen molar-refractivity contribution in [2.24, 2.45) is 0 Å². The molecule has 0 saturated carbocycles. The number of allylic oxidation sites excluding steroid dienone is 4. The van der Waals surface area contributed by atoms with Gasteiger partial charge in [-0.25, -0.2) is 0 Å². The zero-order chi connectivity index (χ0) is 18.0. The monoisotopic (exact) mass is 349 g/mol. The molecule has 0 bridgehead atoms. The third-order valence-electron chi connectivity index (χ3n) is 4.71. The summed E-state index contributed by atoms with van der Waals surface area (Å²) in [7, 11) is 0. The van der Waals surface area contributed by atoms with Gasteiger partial charge in [0.2, 0.25) is 5.91 Å². The van der Waals surface area contributed by atoms with Crippen molar-refractivity contribution in [3.63, 3.8) is 0 Å². The molecule has 1 saturated heterocycles. The molecule has 1 rings (SSSR count). The van der Waals surface area contributed by atoms with Crippen LogP contribution in [0.4, 0.5) is 0 Å². The van der Waals surface area contributed by atoms with E-state index < -0.39 is 0 Å². The van der Waals surface area contributed by atoms with Gasteiger partial charge in [0.1, 0.15) is 0 Å². The molecule has 0 N–H and O–H groups in total. The third-order valence-corrected chi connectivity index (χ3v) is 4.71. The number of carbonyl (C=O) groups is 1. The summed E-state index contributed by atoms with van der Waals surface area (Å²) in [4.78, 5) is 13.9. The molecule has 0 aliphatic carbocycles. The first-order chi connectivity index (χ1) is 12.3. The number of carbonyl (C=O) groups excluding carboxylic acids is 1. The van der Waals surface area contributed by atoms with Gasteiger partial charge in [-0.1, -0.05) is 63.3 Å². The van der Waals surface area contributed by atoms with Crippen molar-refractivity contribution in [2.45, 2.75) is 84.0 Å². The fraction of sp³-hybridized carbons (Fsp3) is 0.773. The summed E-state index contributed by atoms with van der Waals surface area (Å²) >= 11 is 0. The van der Waals surface area contributed by atoms with Gasteiger partial charge in [-0.3, -0.25) is 4.79 Å². The molecular formula is C22H39NO2. The van der Waals surface area contributed by atoms with E-state index in [4.69, 9.17) is 4.74 Å². The molecule has 0 aromatic rings. The van der Waals surface area contributed by atoms with Crippen LogP contribution in [0.5, 0.6) is 0 Å². The second kappa shape index (κ2) is 16.4. The minimum absolute atomic E-state index is 0.314. The molecule has 25 heavy (non-hydrogen) atoms. The van der Waals surface area contributed by atoms with Gasteiger partial charge in [0, 0.05) is 19.5 Å². The lowest BCUT2D eigenvalue weighted by Crippen LogP contribution is -2.40. The van der Waals surface area contributed by atoms with Crippen molar-refractivity contribution in [1.29, 1.82) is 0 Å². The molecule has 1 aliphatic rings. The third kappa shape index (κ3) is 12.9. The second-order valence-electron chi connectivity index (χ2n) is 6.97. The first kappa shape index (κ1) is 22.0. The van der Waals surface area contributed by atoms with E-state index in [1.54, 1.807) is 0 Å². The number of nitrogens with zero attached hydrogens (tertiary/aromatic N) is 1. The summed E-state index contributed by atoms with van der Waals surface area (Å²) in [5.74, 6) is 0.314. The van der Waals surface area contributed by atoms with Crippen molar-refractivity contribution < 1.29 is 9.53 Å².